The Balaban J connectivity index is 1.29. The van der Waals surface area contributed by atoms with Gasteiger partial charge >= 0.3 is 0 Å². The van der Waals surface area contributed by atoms with E-state index in [4.69, 9.17) is 4.42 Å². The number of likely N-dealkylation sites (tertiary alicyclic amines) is 1. The maximum atomic E-state index is 12.7. The third kappa shape index (κ3) is 4.37. The second-order valence-corrected chi connectivity index (χ2v) is 7.82. The van der Waals surface area contributed by atoms with Crippen LogP contribution in [0.5, 0.6) is 0 Å². The number of rotatable bonds is 7. The van der Waals surface area contributed by atoms with Crippen molar-refractivity contribution in [2.24, 2.45) is 0 Å². The second kappa shape index (κ2) is 8.82. The molecule has 3 aromatic rings. The molecule has 1 amide bonds. The van der Waals surface area contributed by atoms with E-state index in [9.17, 15) is 9.59 Å². The number of aryl methyl sites for hydroxylation is 2. The van der Waals surface area contributed by atoms with Crippen LogP contribution in [0.15, 0.2) is 27.6 Å². The van der Waals surface area contributed by atoms with Gasteiger partial charge in [0.2, 0.25) is 5.91 Å². The number of hydrogen-bond acceptors (Lipinski definition) is 5. The molecule has 0 bridgehead atoms. The highest BCUT2D eigenvalue weighted by Crippen LogP contribution is 2.20. The molecule has 0 spiro atoms. The second-order valence-electron chi connectivity index (χ2n) is 7.82. The lowest BCUT2D eigenvalue weighted by Crippen LogP contribution is -2.35. The molecule has 1 N–H and O–H groups in total. The van der Waals surface area contributed by atoms with Gasteiger partial charge in [-0.2, -0.15) is 5.10 Å². The van der Waals surface area contributed by atoms with Gasteiger partial charge in [0.25, 0.3) is 5.56 Å². The zero-order valence-electron chi connectivity index (χ0n) is 17.0. The van der Waals surface area contributed by atoms with Crippen LogP contribution in [-0.4, -0.2) is 51.2 Å². The molecule has 0 saturated carbocycles. The zero-order valence-corrected chi connectivity index (χ0v) is 17.0. The van der Waals surface area contributed by atoms with Crippen LogP contribution in [0.4, 0.5) is 0 Å². The minimum absolute atomic E-state index is 0.0332. The van der Waals surface area contributed by atoms with Gasteiger partial charge < -0.3 is 14.6 Å². The summed E-state index contributed by atoms with van der Waals surface area (Å²) < 4.78 is 8.67. The summed E-state index contributed by atoms with van der Waals surface area (Å²) in [6.07, 6.45) is 7.72. The van der Waals surface area contributed by atoms with Crippen LogP contribution in [0.2, 0.25) is 0 Å². The van der Waals surface area contributed by atoms with Crippen molar-refractivity contribution >= 4 is 22.5 Å². The summed E-state index contributed by atoms with van der Waals surface area (Å²) >= 11 is 0. The Bertz CT molecular complexity index is 1040. The smallest absolute Gasteiger partial charge is 0.291 e. The van der Waals surface area contributed by atoms with Crippen LogP contribution in [0.25, 0.3) is 16.6 Å². The fraction of sp³-hybridized carbons (Fsp3) is 0.571. The van der Waals surface area contributed by atoms with Crippen LogP contribution in [-0.2, 0) is 11.3 Å². The minimum Gasteiger partial charge on any atom is -0.463 e. The van der Waals surface area contributed by atoms with E-state index in [1.807, 2.05) is 17.4 Å². The van der Waals surface area contributed by atoms with Gasteiger partial charge in [0.1, 0.15) is 11.3 Å². The number of furan rings is 1. The first kappa shape index (κ1) is 19.7. The Morgan fingerprint density at radius 2 is 1.97 bits per heavy atom. The third-order valence-corrected chi connectivity index (χ3v) is 5.69. The lowest BCUT2D eigenvalue weighted by Gasteiger charge is -2.19. The topological polar surface area (TPSA) is 84.8 Å². The summed E-state index contributed by atoms with van der Waals surface area (Å²) in [5.41, 5.74) is 1.91. The molecule has 0 aromatic carbocycles. The lowest BCUT2D eigenvalue weighted by molar-refractivity contribution is -0.121. The molecule has 1 aliphatic rings. The van der Waals surface area contributed by atoms with E-state index < -0.39 is 0 Å². The molecule has 4 rings (SSSR count). The summed E-state index contributed by atoms with van der Waals surface area (Å²) in [6, 6.07) is 3.58. The zero-order chi connectivity index (χ0) is 20.2. The number of carbonyl (C=O) groups excluding carboxylic acids is 1. The van der Waals surface area contributed by atoms with E-state index in [1.165, 1.54) is 30.4 Å². The highest BCUT2D eigenvalue weighted by atomic mass is 16.3. The van der Waals surface area contributed by atoms with Crippen LogP contribution in [0.3, 0.4) is 0 Å². The van der Waals surface area contributed by atoms with Crippen molar-refractivity contribution in [1.29, 1.82) is 0 Å². The largest absolute Gasteiger partial charge is 0.463 e. The van der Waals surface area contributed by atoms with Crippen molar-refractivity contribution in [2.45, 2.75) is 52.0 Å². The average molecular weight is 399 g/mol. The maximum absolute atomic E-state index is 12.7. The van der Waals surface area contributed by atoms with Crippen LogP contribution >= 0.6 is 0 Å². The molecular formula is C21H29N5O3. The standard InChI is InChI=1S/C21H29N5O3/c1-16-23-25(21(28)18-15-19-17(26(16)18)8-14-29-19)12-6-7-20(27)22-9-13-24-10-4-2-3-5-11-24/h8,14-15H,2-7,9-13H2,1H3,(H,22,27). The summed E-state index contributed by atoms with van der Waals surface area (Å²) in [5, 5.41) is 7.42. The molecule has 0 radical (unpaired) electrons. The molecular weight excluding hydrogens is 370 g/mol. The molecule has 4 heterocycles. The van der Waals surface area contributed by atoms with Crippen molar-refractivity contribution in [3.63, 3.8) is 0 Å². The van der Waals surface area contributed by atoms with Crippen molar-refractivity contribution in [2.75, 3.05) is 26.2 Å². The fourth-order valence-corrected chi connectivity index (χ4v) is 4.17. The monoisotopic (exact) mass is 399 g/mol. The number of hydrogen-bond donors (Lipinski definition) is 1. The first-order chi connectivity index (χ1) is 14.1. The molecule has 156 valence electrons. The summed E-state index contributed by atoms with van der Waals surface area (Å²) in [5.74, 6) is 0.753. The summed E-state index contributed by atoms with van der Waals surface area (Å²) in [4.78, 5) is 27.3. The predicted octanol–water partition coefficient (Wildman–Crippen LogP) is 2.32. The van der Waals surface area contributed by atoms with E-state index >= 15 is 0 Å². The quantitative estimate of drug-likeness (QED) is 0.659. The van der Waals surface area contributed by atoms with Gasteiger partial charge in [-0.25, -0.2) is 4.68 Å². The number of nitrogens with zero attached hydrogens (tertiary/aromatic N) is 4. The van der Waals surface area contributed by atoms with E-state index in [0.717, 1.165) is 31.0 Å². The molecule has 29 heavy (non-hydrogen) atoms. The molecule has 1 aliphatic heterocycles. The number of amides is 1. The van der Waals surface area contributed by atoms with Gasteiger partial charge in [-0.3, -0.25) is 14.0 Å². The van der Waals surface area contributed by atoms with E-state index in [0.29, 0.717) is 37.0 Å². The number of fused-ring (bicyclic) bond motifs is 3. The Kier molecular flexibility index (Phi) is 5.99. The van der Waals surface area contributed by atoms with Crippen molar-refractivity contribution < 1.29 is 9.21 Å². The Morgan fingerprint density at radius 3 is 2.76 bits per heavy atom. The first-order valence-corrected chi connectivity index (χ1v) is 10.6. The van der Waals surface area contributed by atoms with Gasteiger partial charge in [0, 0.05) is 38.2 Å². The van der Waals surface area contributed by atoms with E-state index in [-0.39, 0.29) is 11.5 Å². The maximum Gasteiger partial charge on any atom is 0.291 e. The predicted molar refractivity (Wildman–Crippen MR) is 111 cm³/mol. The number of nitrogens with one attached hydrogen (secondary N) is 1. The van der Waals surface area contributed by atoms with Crippen molar-refractivity contribution in [1.82, 2.24) is 24.4 Å². The fourth-order valence-electron chi connectivity index (χ4n) is 4.17. The van der Waals surface area contributed by atoms with Crippen LogP contribution < -0.4 is 10.9 Å². The van der Waals surface area contributed by atoms with E-state index in [1.54, 1.807) is 12.3 Å². The van der Waals surface area contributed by atoms with Gasteiger partial charge in [-0.05, 0) is 39.3 Å². The molecule has 8 nitrogen and oxygen atoms in total. The summed E-state index contributed by atoms with van der Waals surface area (Å²) in [6.45, 7) is 6.16. The molecule has 1 saturated heterocycles. The highest BCUT2D eigenvalue weighted by Gasteiger charge is 2.14. The summed E-state index contributed by atoms with van der Waals surface area (Å²) in [7, 11) is 0. The van der Waals surface area contributed by atoms with Crippen LogP contribution in [0.1, 0.15) is 44.3 Å². The first-order valence-electron chi connectivity index (χ1n) is 10.6. The molecule has 1 fully saturated rings. The van der Waals surface area contributed by atoms with Gasteiger partial charge in [-0.15, -0.1) is 0 Å². The minimum atomic E-state index is -0.163. The van der Waals surface area contributed by atoms with Gasteiger partial charge in [-0.1, -0.05) is 12.8 Å². The van der Waals surface area contributed by atoms with Crippen molar-refractivity contribution in [3.8, 4) is 0 Å². The third-order valence-electron chi connectivity index (χ3n) is 5.69. The molecule has 0 unspecified atom stereocenters. The number of aromatic nitrogens is 3. The normalized spacial score (nSPS) is 15.8. The van der Waals surface area contributed by atoms with Gasteiger partial charge in [0.05, 0.1) is 11.8 Å². The lowest BCUT2D eigenvalue weighted by atomic mass is 10.2. The Morgan fingerprint density at radius 1 is 1.17 bits per heavy atom. The SMILES string of the molecule is Cc1nn(CCCC(=O)NCCN2CCCCCC2)c(=O)c2cc3occc3n12. The van der Waals surface area contributed by atoms with E-state index in [2.05, 4.69) is 15.3 Å². The molecule has 3 aromatic heterocycles. The van der Waals surface area contributed by atoms with Gasteiger partial charge in [0.15, 0.2) is 5.58 Å². The van der Waals surface area contributed by atoms with Crippen LogP contribution in [0, 0.1) is 6.92 Å². The molecule has 0 aliphatic carbocycles. The highest BCUT2D eigenvalue weighted by molar-refractivity contribution is 5.82. The Hall–Kier alpha value is -2.61. The molecule has 8 heteroatoms. The molecule has 0 atom stereocenters. The average Bonchev–Trinajstić information content (AvgIpc) is 3.19. The Labute approximate surface area is 169 Å². The number of carbonyl (C=O) groups is 1. The van der Waals surface area contributed by atoms with Crippen molar-refractivity contribution in [3.05, 3.63) is 34.6 Å².